The number of amides is 1. The Morgan fingerprint density at radius 1 is 1.25 bits per heavy atom. The number of hydrogen-bond donors (Lipinski definition) is 1. The highest BCUT2D eigenvalue weighted by Gasteiger charge is 2.61. The predicted octanol–water partition coefficient (Wildman–Crippen LogP) is 2.82. The van der Waals surface area contributed by atoms with Gasteiger partial charge in [0.05, 0.1) is 0 Å². The van der Waals surface area contributed by atoms with Gasteiger partial charge >= 0.3 is 0 Å². The molecule has 1 atom stereocenters. The SMILES string of the molecule is Cc1ccc(C2NC3(CC3)C(=O)N2C2CCC2)c(C)c1. The highest BCUT2D eigenvalue weighted by atomic mass is 16.2. The van der Waals surface area contributed by atoms with Gasteiger partial charge in [-0.2, -0.15) is 0 Å². The third-order valence-corrected chi connectivity index (χ3v) is 5.27. The second-order valence-electron chi connectivity index (χ2n) is 6.79. The Morgan fingerprint density at radius 2 is 2.00 bits per heavy atom. The van der Waals surface area contributed by atoms with Crippen LogP contribution in [-0.4, -0.2) is 22.4 Å². The summed E-state index contributed by atoms with van der Waals surface area (Å²) in [5.41, 5.74) is 3.64. The van der Waals surface area contributed by atoms with Gasteiger partial charge in [0.2, 0.25) is 5.91 Å². The van der Waals surface area contributed by atoms with Crippen LogP contribution < -0.4 is 5.32 Å². The summed E-state index contributed by atoms with van der Waals surface area (Å²) in [5.74, 6) is 0.354. The molecule has 3 nitrogen and oxygen atoms in total. The van der Waals surface area contributed by atoms with Gasteiger partial charge < -0.3 is 4.90 Å². The van der Waals surface area contributed by atoms with Gasteiger partial charge in [-0.3, -0.25) is 10.1 Å². The van der Waals surface area contributed by atoms with Crippen LogP contribution >= 0.6 is 0 Å². The summed E-state index contributed by atoms with van der Waals surface area (Å²) < 4.78 is 0. The largest absolute Gasteiger partial charge is 0.318 e. The molecule has 1 spiro atoms. The Balaban J connectivity index is 1.73. The summed E-state index contributed by atoms with van der Waals surface area (Å²) in [6, 6.07) is 7.03. The van der Waals surface area contributed by atoms with Gasteiger partial charge in [-0.25, -0.2) is 0 Å². The molecule has 2 aliphatic carbocycles. The average Bonchev–Trinajstić information content (AvgIpc) is 3.06. The summed E-state index contributed by atoms with van der Waals surface area (Å²) in [6.45, 7) is 4.28. The molecule has 1 amide bonds. The van der Waals surface area contributed by atoms with Gasteiger partial charge in [0, 0.05) is 6.04 Å². The Morgan fingerprint density at radius 3 is 2.55 bits per heavy atom. The van der Waals surface area contributed by atoms with Crippen molar-refractivity contribution in [3.8, 4) is 0 Å². The Labute approximate surface area is 120 Å². The highest BCUT2D eigenvalue weighted by Crippen LogP contribution is 2.49. The topological polar surface area (TPSA) is 32.3 Å². The van der Waals surface area contributed by atoms with E-state index in [0.29, 0.717) is 11.9 Å². The molecule has 4 rings (SSSR count). The summed E-state index contributed by atoms with van der Waals surface area (Å²) in [6.07, 6.45) is 5.72. The van der Waals surface area contributed by atoms with Gasteiger partial charge in [-0.15, -0.1) is 0 Å². The lowest BCUT2D eigenvalue weighted by Gasteiger charge is -2.38. The zero-order valence-electron chi connectivity index (χ0n) is 12.3. The van der Waals surface area contributed by atoms with E-state index in [1.54, 1.807) is 0 Å². The van der Waals surface area contributed by atoms with Crippen molar-refractivity contribution in [2.45, 2.75) is 63.7 Å². The second-order valence-corrected chi connectivity index (χ2v) is 6.79. The number of nitrogens with zero attached hydrogens (tertiary/aromatic N) is 1. The molecule has 3 aliphatic rings. The molecule has 1 saturated heterocycles. The number of carbonyl (C=O) groups excluding carboxylic acids is 1. The van der Waals surface area contributed by atoms with Crippen molar-refractivity contribution in [3.05, 3.63) is 34.9 Å². The minimum absolute atomic E-state index is 0.0934. The van der Waals surface area contributed by atoms with Crippen molar-refractivity contribution in [2.75, 3.05) is 0 Å². The summed E-state index contributed by atoms with van der Waals surface area (Å²) >= 11 is 0. The summed E-state index contributed by atoms with van der Waals surface area (Å²) in [7, 11) is 0. The first-order chi connectivity index (χ1) is 9.61. The van der Waals surface area contributed by atoms with E-state index in [-0.39, 0.29) is 11.7 Å². The van der Waals surface area contributed by atoms with E-state index in [2.05, 4.69) is 42.3 Å². The molecule has 106 valence electrons. The predicted molar refractivity (Wildman–Crippen MR) is 78.2 cm³/mol. The average molecular weight is 270 g/mol. The molecule has 2 saturated carbocycles. The smallest absolute Gasteiger partial charge is 0.244 e. The molecule has 20 heavy (non-hydrogen) atoms. The zero-order chi connectivity index (χ0) is 13.9. The lowest BCUT2D eigenvalue weighted by atomic mass is 9.90. The van der Waals surface area contributed by atoms with Crippen LogP contribution in [0.3, 0.4) is 0 Å². The Hall–Kier alpha value is -1.35. The molecule has 0 radical (unpaired) electrons. The molecule has 0 aromatic heterocycles. The molecule has 3 fully saturated rings. The number of aryl methyl sites for hydroxylation is 2. The van der Waals surface area contributed by atoms with Crippen molar-refractivity contribution in [2.24, 2.45) is 0 Å². The van der Waals surface area contributed by atoms with Crippen molar-refractivity contribution >= 4 is 5.91 Å². The zero-order valence-corrected chi connectivity index (χ0v) is 12.3. The molecule has 1 unspecified atom stereocenters. The van der Waals surface area contributed by atoms with Gasteiger partial charge in [-0.05, 0) is 57.1 Å². The number of hydrogen-bond acceptors (Lipinski definition) is 2. The minimum Gasteiger partial charge on any atom is -0.318 e. The molecular weight excluding hydrogens is 248 g/mol. The van der Waals surface area contributed by atoms with E-state index >= 15 is 0 Å². The maximum atomic E-state index is 12.7. The first kappa shape index (κ1) is 12.4. The van der Waals surface area contributed by atoms with Crippen LogP contribution in [0.2, 0.25) is 0 Å². The van der Waals surface area contributed by atoms with Crippen LogP contribution in [0.1, 0.15) is 55.0 Å². The molecular formula is C17H22N2O. The number of rotatable bonds is 2. The fourth-order valence-corrected chi connectivity index (χ4v) is 3.64. The number of benzene rings is 1. The van der Waals surface area contributed by atoms with E-state index in [1.807, 2.05) is 0 Å². The maximum absolute atomic E-state index is 12.7. The van der Waals surface area contributed by atoms with Crippen LogP contribution in [0.4, 0.5) is 0 Å². The number of nitrogens with one attached hydrogen (secondary N) is 1. The fraction of sp³-hybridized carbons (Fsp3) is 0.588. The van der Waals surface area contributed by atoms with Gasteiger partial charge in [0.15, 0.2) is 0 Å². The molecule has 1 heterocycles. The van der Waals surface area contributed by atoms with Crippen molar-refractivity contribution in [3.63, 3.8) is 0 Å². The van der Waals surface area contributed by atoms with Crippen LogP contribution in [0.5, 0.6) is 0 Å². The first-order valence-electron chi connectivity index (χ1n) is 7.78. The van der Waals surface area contributed by atoms with Crippen molar-refractivity contribution in [1.29, 1.82) is 0 Å². The summed E-state index contributed by atoms with van der Waals surface area (Å²) in [4.78, 5) is 14.9. The molecule has 1 aliphatic heterocycles. The molecule has 0 bridgehead atoms. The maximum Gasteiger partial charge on any atom is 0.244 e. The third kappa shape index (κ3) is 1.65. The lowest BCUT2D eigenvalue weighted by molar-refractivity contribution is -0.134. The van der Waals surface area contributed by atoms with E-state index in [1.165, 1.54) is 36.0 Å². The fourth-order valence-electron chi connectivity index (χ4n) is 3.64. The third-order valence-electron chi connectivity index (χ3n) is 5.27. The standard InChI is InChI=1S/C17H22N2O/c1-11-6-7-14(12(2)10-11)15-18-17(8-9-17)16(20)19(15)13-4-3-5-13/h6-7,10,13,15,18H,3-5,8-9H2,1-2H3. The number of carbonyl (C=O) groups is 1. The minimum atomic E-state index is -0.211. The van der Waals surface area contributed by atoms with Gasteiger partial charge in [0.1, 0.15) is 11.7 Å². The van der Waals surface area contributed by atoms with E-state index in [4.69, 9.17) is 0 Å². The monoisotopic (exact) mass is 270 g/mol. The normalized spacial score (nSPS) is 28.0. The molecule has 3 heteroatoms. The lowest BCUT2D eigenvalue weighted by Crippen LogP contribution is -2.44. The van der Waals surface area contributed by atoms with Gasteiger partial charge in [0.25, 0.3) is 0 Å². The van der Waals surface area contributed by atoms with E-state index < -0.39 is 0 Å². The van der Waals surface area contributed by atoms with Crippen molar-refractivity contribution in [1.82, 2.24) is 10.2 Å². The van der Waals surface area contributed by atoms with Crippen molar-refractivity contribution < 1.29 is 4.79 Å². The molecule has 1 aromatic carbocycles. The van der Waals surface area contributed by atoms with Crippen LogP contribution in [0.25, 0.3) is 0 Å². The van der Waals surface area contributed by atoms with Crippen LogP contribution in [0, 0.1) is 13.8 Å². The van der Waals surface area contributed by atoms with E-state index in [9.17, 15) is 4.79 Å². The summed E-state index contributed by atoms with van der Waals surface area (Å²) in [5, 5.41) is 3.64. The quantitative estimate of drug-likeness (QED) is 0.896. The Bertz CT molecular complexity index is 572. The van der Waals surface area contributed by atoms with E-state index in [0.717, 1.165) is 12.8 Å². The van der Waals surface area contributed by atoms with Crippen LogP contribution in [-0.2, 0) is 4.79 Å². The molecule has 1 aromatic rings. The molecule has 1 N–H and O–H groups in total. The van der Waals surface area contributed by atoms with Crippen LogP contribution in [0.15, 0.2) is 18.2 Å². The highest BCUT2D eigenvalue weighted by molar-refractivity contribution is 5.92. The van der Waals surface area contributed by atoms with Gasteiger partial charge in [-0.1, -0.05) is 23.8 Å². The first-order valence-corrected chi connectivity index (χ1v) is 7.78. The Kier molecular flexibility index (Phi) is 2.53. The second kappa shape index (κ2) is 4.08.